The number of amides is 2. The predicted molar refractivity (Wildman–Crippen MR) is 78.5 cm³/mol. The normalized spacial score (nSPS) is 15.2. The van der Waals surface area contributed by atoms with Gasteiger partial charge in [0.15, 0.2) is 6.10 Å². The fourth-order valence-electron chi connectivity index (χ4n) is 2.47. The summed E-state index contributed by atoms with van der Waals surface area (Å²) in [6.07, 6.45) is 0.414. The molecule has 2 rings (SSSR count). The first-order valence-corrected chi connectivity index (χ1v) is 7.05. The molecular formula is C15H20N2O4. The van der Waals surface area contributed by atoms with Crippen LogP contribution in [-0.4, -0.2) is 41.4 Å². The lowest BCUT2D eigenvalue weighted by molar-refractivity contribution is -0.146. The van der Waals surface area contributed by atoms with Crippen molar-refractivity contribution in [3.05, 3.63) is 29.3 Å². The smallest absolute Gasteiger partial charge is 0.332 e. The average Bonchev–Trinajstić information content (AvgIpc) is 2.45. The second kappa shape index (κ2) is 6.58. The van der Waals surface area contributed by atoms with Crippen LogP contribution in [0.1, 0.15) is 24.0 Å². The van der Waals surface area contributed by atoms with Crippen LogP contribution in [0.5, 0.6) is 0 Å². The van der Waals surface area contributed by atoms with Gasteiger partial charge in [0.2, 0.25) is 0 Å². The second-order valence-electron chi connectivity index (χ2n) is 5.26. The number of aryl methyl sites for hydroxylation is 2. The molecule has 1 aliphatic rings. The Morgan fingerprint density at radius 3 is 2.90 bits per heavy atom. The third-order valence-corrected chi connectivity index (χ3v) is 3.58. The second-order valence-corrected chi connectivity index (χ2v) is 5.26. The molecule has 1 aliphatic heterocycles. The van der Waals surface area contributed by atoms with Crippen LogP contribution in [0.15, 0.2) is 18.2 Å². The topological polar surface area (TPSA) is 89.9 Å². The van der Waals surface area contributed by atoms with Crippen molar-refractivity contribution in [1.82, 2.24) is 5.32 Å². The molecule has 21 heavy (non-hydrogen) atoms. The Labute approximate surface area is 123 Å². The van der Waals surface area contributed by atoms with E-state index in [4.69, 9.17) is 5.11 Å². The lowest BCUT2D eigenvalue weighted by atomic mass is 10.00. The first-order chi connectivity index (χ1) is 9.99. The first kappa shape index (κ1) is 15.3. The molecule has 1 atom stereocenters. The van der Waals surface area contributed by atoms with E-state index in [-0.39, 0.29) is 19.0 Å². The van der Waals surface area contributed by atoms with Crippen molar-refractivity contribution in [3.8, 4) is 0 Å². The van der Waals surface area contributed by atoms with Crippen LogP contribution in [0.4, 0.5) is 10.5 Å². The molecule has 1 aromatic rings. The maximum atomic E-state index is 12.2. The molecular weight excluding hydrogens is 272 g/mol. The van der Waals surface area contributed by atoms with Crippen LogP contribution in [0, 0.1) is 6.92 Å². The summed E-state index contributed by atoms with van der Waals surface area (Å²) < 4.78 is 0. The number of anilines is 1. The van der Waals surface area contributed by atoms with Gasteiger partial charge in [-0.1, -0.05) is 17.7 Å². The molecule has 0 aliphatic carbocycles. The monoisotopic (exact) mass is 292 g/mol. The van der Waals surface area contributed by atoms with Crippen LogP contribution in [0.25, 0.3) is 0 Å². The number of aliphatic carboxylic acids is 1. The number of aliphatic hydroxyl groups excluding tert-OH is 1. The van der Waals surface area contributed by atoms with E-state index in [1.54, 1.807) is 4.90 Å². The average molecular weight is 292 g/mol. The highest BCUT2D eigenvalue weighted by Gasteiger charge is 2.22. The van der Waals surface area contributed by atoms with E-state index in [0.29, 0.717) is 6.54 Å². The summed E-state index contributed by atoms with van der Waals surface area (Å²) in [5, 5.41) is 20.4. The number of carbonyl (C=O) groups excluding carboxylic acids is 1. The molecule has 3 N–H and O–H groups in total. The summed E-state index contributed by atoms with van der Waals surface area (Å²) in [6, 6.07) is 5.74. The molecule has 0 bridgehead atoms. The zero-order chi connectivity index (χ0) is 15.4. The van der Waals surface area contributed by atoms with Gasteiger partial charge in [-0.05, 0) is 31.4 Å². The first-order valence-electron chi connectivity index (χ1n) is 7.05. The van der Waals surface area contributed by atoms with Gasteiger partial charge in [0.25, 0.3) is 0 Å². The number of hydrogen-bond donors (Lipinski definition) is 3. The van der Waals surface area contributed by atoms with E-state index >= 15 is 0 Å². The third-order valence-electron chi connectivity index (χ3n) is 3.58. The highest BCUT2D eigenvalue weighted by Crippen LogP contribution is 2.27. The van der Waals surface area contributed by atoms with Crippen molar-refractivity contribution in [2.75, 3.05) is 18.0 Å². The molecule has 0 saturated heterocycles. The molecule has 0 saturated carbocycles. The summed E-state index contributed by atoms with van der Waals surface area (Å²) in [5.41, 5.74) is 3.23. The van der Waals surface area contributed by atoms with Crippen molar-refractivity contribution < 1.29 is 19.8 Å². The molecule has 6 heteroatoms. The quantitative estimate of drug-likeness (QED) is 0.780. The zero-order valence-electron chi connectivity index (χ0n) is 12.0. The highest BCUT2D eigenvalue weighted by atomic mass is 16.4. The summed E-state index contributed by atoms with van der Waals surface area (Å²) in [7, 11) is 0. The molecule has 0 radical (unpaired) electrons. The van der Waals surface area contributed by atoms with Crippen molar-refractivity contribution in [3.63, 3.8) is 0 Å². The number of benzene rings is 1. The van der Waals surface area contributed by atoms with Crippen molar-refractivity contribution >= 4 is 17.7 Å². The molecule has 2 amide bonds. The Morgan fingerprint density at radius 1 is 1.43 bits per heavy atom. The van der Waals surface area contributed by atoms with Crippen LogP contribution < -0.4 is 10.2 Å². The Hall–Kier alpha value is -2.08. The lowest BCUT2D eigenvalue weighted by Gasteiger charge is -2.30. The number of fused-ring (bicyclic) bond motifs is 1. The van der Waals surface area contributed by atoms with E-state index in [1.165, 1.54) is 5.56 Å². The minimum Gasteiger partial charge on any atom is -0.479 e. The van der Waals surface area contributed by atoms with Crippen molar-refractivity contribution in [2.45, 2.75) is 32.3 Å². The molecule has 6 nitrogen and oxygen atoms in total. The van der Waals surface area contributed by atoms with Gasteiger partial charge in [0.05, 0.1) is 0 Å². The minimum absolute atomic E-state index is 0.00430. The Bertz CT molecular complexity index is 544. The number of hydrogen-bond acceptors (Lipinski definition) is 3. The predicted octanol–water partition coefficient (Wildman–Crippen LogP) is 1.29. The standard InChI is InChI=1S/C15H20N2O4/c1-10-4-5-12-11(9-10)3-2-8-17(12)15(21)16-7-6-13(18)14(19)20/h4-5,9,13,18H,2-3,6-8H2,1H3,(H,16,21)(H,19,20)/t13-/m0/s1. The maximum absolute atomic E-state index is 12.2. The van der Waals surface area contributed by atoms with Crippen LogP contribution >= 0.6 is 0 Å². The molecule has 0 unspecified atom stereocenters. The van der Waals surface area contributed by atoms with Gasteiger partial charge >= 0.3 is 12.0 Å². The van der Waals surface area contributed by atoms with E-state index in [1.807, 2.05) is 19.1 Å². The highest BCUT2D eigenvalue weighted by molar-refractivity contribution is 5.93. The van der Waals surface area contributed by atoms with Crippen LogP contribution in [0.2, 0.25) is 0 Å². The van der Waals surface area contributed by atoms with Gasteiger partial charge in [-0.15, -0.1) is 0 Å². The summed E-state index contributed by atoms with van der Waals surface area (Å²) in [5.74, 6) is -1.27. The molecule has 1 aromatic carbocycles. The van der Waals surface area contributed by atoms with E-state index in [0.717, 1.165) is 24.1 Å². The number of aliphatic hydroxyl groups is 1. The number of nitrogens with one attached hydrogen (secondary N) is 1. The maximum Gasteiger partial charge on any atom is 0.332 e. The number of carbonyl (C=O) groups is 2. The molecule has 1 heterocycles. The van der Waals surface area contributed by atoms with Gasteiger partial charge in [0, 0.05) is 25.2 Å². The summed E-state index contributed by atoms with van der Waals surface area (Å²) in [6.45, 7) is 2.79. The summed E-state index contributed by atoms with van der Waals surface area (Å²) >= 11 is 0. The van der Waals surface area contributed by atoms with E-state index in [9.17, 15) is 14.7 Å². The van der Waals surface area contributed by atoms with Gasteiger partial charge in [-0.25, -0.2) is 9.59 Å². The van der Waals surface area contributed by atoms with Gasteiger partial charge in [-0.2, -0.15) is 0 Å². The van der Waals surface area contributed by atoms with Crippen molar-refractivity contribution in [1.29, 1.82) is 0 Å². The molecule has 114 valence electrons. The van der Waals surface area contributed by atoms with Crippen LogP contribution in [-0.2, 0) is 11.2 Å². The number of rotatable bonds is 4. The third kappa shape index (κ3) is 3.72. The minimum atomic E-state index is -1.44. The fraction of sp³-hybridized carbons (Fsp3) is 0.467. The SMILES string of the molecule is Cc1ccc2c(c1)CCCN2C(=O)NCC[C@H](O)C(=O)O. The van der Waals surface area contributed by atoms with Crippen molar-refractivity contribution in [2.24, 2.45) is 0 Å². The Balaban J connectivity index is 1.97. The Kier molecular flexibility index (Phi) is 4.80. The lowest BCUT2D eigenvalue weighted by Crippen LogP contribution is -2.44. The number of carboxylic acids is 1. The molecule has 0 aromatic heterocycles. The van der Waals surface area contributed by atoms with Gasteiger partial charge in [0.1, 0.15) is 0 Å². The fourth-order valence-corrected chi connectivity index (χ4v) is 2.47. The summed E-state index contributed by atoms with van der Waals surface area (Å²) in [4.78, 5) is 24.4. The van der Waals surface area contributed by atoms with Gasteiger partial charge < -0.3 is 15.5 Å². The van der Waals surface area contributed by atoms with E-state index < -0.39 is 12.1 Å². The van der Waals surface area contributed by atoms with Gasteiger partial charge in [-0.3, -0.25) is 4.90 Å². The van der Waals surface area contributed by atoms with E-state index in [2.05, 4.69) is 11.4 Å². The Morgan fingerprint density at radius 2 is 2.19 bits per heavy atom. The molecule has 0 spiro atoms. The largest absolute Gasteiger partial charge is 0.479 e. The number of nitrogens with zero attached hydrogens (tertiary/aromatic N) is 1. The molecule has 0 fully saturated rings. The number of urea groups is 1. The van der Waals surface area contributed by atoms with Crippen LogP contribution in [0.3, 0.4) is 0 Å². The zero-order valence-corrected chi connectivity index (χ0v) is 12.0. The number of carboxylic acid groups (broad SMARTS) is 1.